The Morgan fingerprint density at radius 1 is 1.25 bits per heavy atom. The van der Waals surface area contributed by atoms with Crippen molar-refractivity contribution in [2.45, 2.75) is 19.5 Å². The lowest BCUT2D eigenvalue weighted by atomic mass is 10.1. The first-order valence-corrected chi connectivity index (χ1v) is 10.0. The number of halogens is 2. The number of thiophene rings is 1. The van der Waals surface area contributed by atoms with Gasteiger partial charge in [0.25, 0.3) is 5.56 Å². The van der Waals surface area contributed by atoms with E-state index in [0.29, 0.717) is 27.6 Å². The van der Waals surface area contributed by atoms with Crippen molar-refractivity contribution < 1.29 is 4.39 Å². The van der Waals surface area contributed by atoms with Crippen molar-refractivity contribution in [3.63, 3.8) is 0 Å². The van der Waals surface area contributed by atoms with Gasteiger partial charge in [-0.25, -0.2) is 9.37 Å². The summed E-state index contributed by atoms with van der Waals surface area (Å²) in [5, 5.41) is 6.45. The molecule has 4 aromatic rings. The maximum Gasteiger partial charge on any atom is 0.260 e. The first-order valence-electron chi connectivity index (χ1n) is 8.76. The predicted octanol–water partition coefficient (Wildman–Crippen LogP) is 5.29. The van der Waals surface area contributed by atoms with Gasteiger partial charge in [0.1, 0.15) is 16.5 Å². The van der Waals surface area contributed by atoms with Crippen molar-refractivity contribution >= 4 is 33.2 Å². The highest BCUT2D eigenvalue weighted by atomic mass is 35.5. The molecule has 142 valence electrons. The third-order valence-electron chi connectivity index (χ3n) is 4.57. The maximum atomic E-state index is 13.2. The van der Waals surface area contributed by atoms with Crippen molar-refractivity contribution in [3.8, 4) is 11.1 Å². The summed E-state index contributed by atoms with van der Waals surface area (Å²) in [4.78, 5) is 20.8. The molecule has 0 saturated heterocycles. The van der Waals surface area contributed by atoms with Crippen LogP contribution in [-0.2, 0) is 6.54 Å². The third kappa shape index (κ3) is 3.85. The van der Waals surface area contributed by atoms with E-state index in [9.17, 15) is 9.18 Å². The highest BCUT2D eigenvalue weighted by molar-refractivity contribution is 7.17. The maximum absolute atomic E-state index is 13.2. The lowest BCUT2D eigenvalue weighted by molar-refractivity contribution is 0.560. The van der Waals surface area contributed by atoms with Crippen LogP contribution in [0, 0.1) is 5.82 Å². The SMILES string of the molecule is C[C@H](NCc1nc2scc(-c3ccc(F)cc3)c2c(=O)[nH]1)c1cccc(Cl)c1. The fourth-order valence-corrected chi connectivity index (χ4v) is 4.23. The number of rotatable bonds is 5. The van der Waals surface area contributed by atoms with Crippen molar-refractivity contribution in [1.29, 1.82) is 0 Å². The molecule has 2 aromatic carbocycles. The van der Waals surface area contributed by atoms with Crippen LogP contribution in [0.1, 0.15) is 24.4 Å². The number of H-pyrrole nitrogens is 1. The second-order valence-corrected chi connectivity index (χ2v) is 7.80. The summed E-state index contributed by atoms with van der Waals surface area (Å²) in [6, 6.07) is 13.8. The molecule has 0 spiro atoms. The summed E-state index contributed by atoms with van der Waals surface area (Å²) in [5.74, 6) is 0.261. The molecule has 7 heteroatoms. The van der Waals surface area contributed by atoms with Crippen molar-refractivity contribution in [3.05, 3.63) is 86.5 Å². The molecular weight excluding hydrogens is 397 g/mol. The van der Waals surface area contributed by atoms with Crippen LogP contribution >= 0.6 is 22.9 Å². The molecule has 4 nitrogen and oxygen atoms in total. The zero-order valence-corrected chi connectivity index (χ0v) is 16.6. The summed E-state index contributed by atoms with van der Waals surface area (Å²) < 4.78 is 13.2. The number of benzene rings is 2. The molecule has 0 unspecified atom stereocenters. The van der Waals surface area contributed by atoms with Gasteiger partial charge >= 0.3 is 0 Å². The van der Waals surface area contributed by atoms with E-state index in [1.165, 1.54) is 23.5 Å². The smallest absolute Gasteiger partial charge is 0.260 e. The highest BCUT2D eigenvalue weighted by Crippen LogP contribution is 2.30. The molecule has 2 heterocycles. The summed E-state index contributed by atoms with van der Waals surface area (Å²) in [5.41, 5.74) is 2.42. The molecule has 2 aromatic heterocycles. The van der Waals surface area contributed by atoms with Crippen LogP contribution in [0.15, 0.2) is 58.7 Å². The Balaban J connectivity index is 1.58. The molecule has 0 aliphatic carbocycles. The number of nitrogens with one attached hydrogen (secondary N) is 2. The van der Waals surface area contributed by atoms with Crippen LogP contribution in [0.25, 0.3) is 21.3 Å². The molecular formula is C21H17ClFN3OS. The minimum absolute atomic E-state index is 0.0535. The van der Waals surface area contributed by atoms with Gasteiger partial charge in [-0.15, -0.1) is 11.3 Å². The molecule has 2 N–H and O–H groups in total. The standard InChI is InChI=1S/C21H17ClFN3OS/c1-12(14-3-2-4-15(22)9-14)24-10-18-25-20(27)19-17(11-28-21(19)26-18)13-5-7-16(23)8-6-13/h2-9,11-12,24H,10H2,1H3,(H,25,26,27)/t12-/m0/s1. The molecule has 0 radical (unpaired) electrons. The van der Waals surface area contributed by atoms with Crippen LogP contribution in [0.3, 0.4) is 0 Å². The summed E-state index contributed by atoms with van der Waals surface area (Å²) in [6.45, 7) is 2.45. The van der Waals surface area contributed by atoms with Crippen LogP contribution in [0.2, 0.25) is 5.02 Å². The quantitative estimate of drug-likeness (QED) is 0.467. The number of hydrogen-bond donors (Lipinski definition) is 2. The number of hydrogen-bond acceptors (Lipinski definition) is 4. The summed E-state index contributed by atoms with van der Waals surface area (Å²) in [7, 11) is 0. The Morgan fingerprint density at radius 2 is 2.04 bits per heavy atom. The third-order valence-corrected chi connectivity index (χ3v) is 5.68. The van der Waals surface area contributed by atoms with Gasteiger partial charge in [-0.05, 0) is 42.3 Å². The summed E-state index contributed by atoms with van der Waals surface area (Å²) in [6.07, 6.45) is 0. The first-order chi connectivity index (χ1) is 13.5. The second kappa shape index (κ2) is 7.83. The Bertz CT molecular complexity index is 1190. The van der Waals surface area contributed by atoms with Crippen molar-refractivity contribution in [1.82, 2.24) is 15.3 Å². The molecule has 4 rings (SSSR count). The number of nitrogens with zero attached hydrogens (tertiary/aromatic N) is 1. The van der Waals surface area contributed by atoms with Gasteiger partial charge in [0.2, 0.25) is 0 Å². The minimum atomic E-state index is -0.308. The van der Waals surface area contributed by atoms with Crippen molar-refractivity contribution in [2.75, 3.05) is 0 Å². The van der Waals surface area contributed by atoms with E-state index in [0.717, 1.165) is 16.7 Å². The van der Waals surface area contributed by atoms with Crippen LogP contribution in [0.4, 0.5) is 4.39 Å². The first kappa shape index (κ1) is 18.8. The van der Waals surface area contributed by atoms with E-state index < -0.39 is 0 Å². The van der Waals surface area contributed by atoms with E-state index >= 15 is 0 Å². The van der Waals surface area contributed by atoms with E-state index in [-0.39, 0.29) is 17.4 Å². The molecule has 0 aliphatic heterocycles. The Labute approximate surface area is 170 Å². The van der Waals surface area contributed by atoms with Gasteiger partial charge in [0.05, 0.1) is 11.9 Å². The fraction of sp³-hybridized carbons (Fsp3) is 0.143. The van der Waals surface area contributed by atoms with E-state index in [2.05, 4.69) is 15.3 Å². The zero-order valence-electron chi connectivity index (χ0n) is 15.0. The topological polar surface area (TPSA) is 57.8 Å². The number of aromatic amines is 1. The van der Waals surface area contributed by atoms with Gasteiger partial charge in [-0.2, -0.15) is 0 Å². The van der Waals surface area contributed by atoms with Crippen molar-refractivity contribution in [2.24, 2.45) is 0 Å². The Hall–Kier alpha value is -2.54. The fourth-order valence-electron chi connectivity index (χ4n) is 3.06. The monoisotopic (exact) mass is 413 g/mol. The van der Waals surface area contributed by atoms with Gasteiger partial charge in [0.15, 0.2) is 0 Å². The lowest BCUT2D eigenvalue weighted by Crippen LogP contribution is -2.22. The average molecular weight is 414 g/mol. The lowest BCUT2D eigenvalue weighted by Gasteiger charge is -2.14. The minimum Gasteiger partial charge on any atom is -0.309 e. The molecule has 0 aliphatic rings. The molecule has 28 heavy (non-hydrogen) atoms. The Kier molecular flexibility index (Phi) is 5.26. The molecule has 0 bridgehead atoms. The highest BCUT2D eigenvalue weighted by Gasteiger charge is 2.14. The number of aromatic nitrogens is 2. The van der Waals surface area contributed by atoms with Crippen LogP contribution < -0.4 is 10.9 Å². The van der Waals surface area contributed by atoms with E-state index in [1.807, 2.05) is 36.6 Å². The van der Waals surface area contributed by atoms with Gasteiger partial charge in [0, 0.05) is 22.0 Å². The van der Waals surface area contributed by atoms with Gasteiger partial charge in [-0.3, -0.25) is 4.79 Å². The molecule has 0 amide bonds. The zero-order chi connectivity index (χ0) is 19.7. The van der Waals surface area contributed by atoms with Gasteiger partial charge in [-0.1, -0.05) is 35.9 Å². The van der Waals surface area contributed by atoms with Gasteiger partial charge < -0.3 is 10.3 Å². The van der Waals surface area contributed by atoms with E-state index in [4.69, 9.17) is 11.6 Å². The van der Waals surface area contributed by atoms with Crippen LogP contribution in [-0.4, -0.2) is 9.97 Å². The number of fused-ring (bicyclic) bond motifs is 1. The molecule has 1 atom stereocenters. The average Bonchev–Trinajstić information content (AvgIpc) is 3.11. The summed E-state index contributed by atoms with van der Waals surface area (Å²) >= 11 is 7.45. The predicted molar refractivity (Wildman–Crippen MR) is 112 cm³/mol. The molecule has 0 fully saturated rings. The van der Waals surface area contributed by atoms with E-state index in [1.54, 1.807) is 12.1 Å². The normalized spacial score (nSPS) is 12.4. The Morgan fingerprint density at radius 3 is 2.79 bits per heavy atom. The second-order valence-electron chi connectivity index (χ2n) is 6.51. The van der Waals surface area contributed by atoms with Crippen LogP contribution in [0.5, 0.6) is 0 Å². The molecule has 0 saturated carbocycles. The largest absolute Gasteiger partial charge is 0.309 e.